The number of rotatable bonds is 1. The second-order valence-electron chi connectivity index (χ2n) is 3.41. The van der Waals surface area contributed by atoms with Gasteiger partial charge in [-0.3, -0.25) is 0 Å². The van der Waals surface area contributed by atoms with Crippen LogP contribution in [0.5, 0.6) is 0 Å². The van der Waals surface area contributed by atoms with Crippen molar-refractivity contribution >= 4 is 0 Å². The molecule has 0 bridgehead atoms. The first-order valence-corrected chi connectivity index (χ1v) is 3.91. The molecule has 12 heavy (non-hydrogen) atoms. The molecule has 0 aromatic carbocycles. The largest absolute Gasteiger partial charge is 0.239 e. The third-order valence-corrected chi connectivity index (χ3v) is 1.58. The zero-order valence-electron chi connectivity index (χ0n) is 7.85. The second kappa shape index (κ2) is 2.81. The molecule has 2 nitrogen and oxygen atoms in total. The van der Waals surface area contributed by atoms with Crippen molar-refractivity contribution < 1.29 is 4.39 Å². The van der Waals surface area contributed by atoms with Gasteiger partial charge in [0.25, 0.3) is 0 Å². The van der Waals surface area contributed by atoms with Crippen molar-refractivity contribution in [2.24, 2.45) is 0 Å². The summed E-state index contributed by atoms with van der Waals surface area (Å²) in [6, 6.07) is 1.67. The maximum absolute atomic E-state index is 13.4. The molecule has 3 heteroatoms. The third-order valence-electron chi connectivity index (χ3n) is 1.58. The topological polar surface area (TPSA) is 25.8 Å². The maximum Gasteiger partial charge on any atom is 0.147 e. The molecule has 0 spiro atoms. The minimum atomic E-state index is -1.38. The molecule has 0 saturated heterocycles. The van der Waals surface area contributed by atoms with E-state index in [-0.39, 0.29) is 0 Å². The number of alkyl halides is 1. The Kier molecular flexibility index (Phi) is 2.13. The van der Waals surface area contributed by atoms with Gasteiger partial charge in [0.2, 0.25) is 0 Å². The molecular weight excluding hydrogens is 155 g/mol. The molecule has 0 N–H and O–H groups in total. The standard InChI is InChI=1S/C9H13FN2/c1-6-5-8(9(3,4)10)12-7(2)11-6/h5H,1-4H3. The molecule has 0 aliphatic heterocycles. The lowest BCUT2D eigenvalue weighted by Crippen LogP contribution is -2.13. The summed E-state index contributed by atoms with van der Waals surface area (Å²) in [4.78, 5) is 8.09. The van der Waals surface area contributed by atoms with Gasteiger partial charge in [-0.25, -0.2) is 14.4 Å². The van der Waals surface area contributed by atoms with Crippen LogP contribution in [0.2, 0.25) is 0 Å². The Morgan fingerprint density at radius 3 is 2.25 bits per heavy atom. The zero-order valence-corrected chi connectivity index (χ0v) is 7.85. The molecule has 1 aromatic heterocycles. The van der Waals surface area contributed by atoms with Gasteiger partial charge >= 0.3 is 0 Å². The number of hydrogen-bond acceptors (Lipinski definition) is 2. The van der Waals surface area contributed by atoms with Gasteiger partial charge in [0, 0.05) is 5.69 Å². The van der Waals surface area contributed by atoms with Crippen LogP contribution in [-0.4, -0.2) is 9.97 Å². The lowest BCUT2D eigenvalue weighted by atomic mass is 10.1. The SMILES string of the molecule is Cc1cc(C(C)(C)F)nc(C)n1. The smallest absolute Gasteiger partial charge is 0.147 e. The maximum atomic E-state index is 13.4. The molecule has 1 aromatic rings. The van der Waals surface area contributed by atoms with E-state index in [1.165, 1.54) is 13.8 Å². The van der Waals surface area contributed by atoms with Crippen LogP contribution in [0.3, 0.4) is 0 Å². The summed E-state index contributed by atoms with van der Waals surface area (Å²) in [5.41, 5.74) is -0.117. The van der Waals surface area contributed by atoms with Crippen molar-refractivity contribution in [1.82, 2.24) is 9.97 Å². The first kappa shape index (κ1) is 9.10. The highest BCUT2D eigenvalue weighted by Gasteiger charge is 2.20. The minimum Gasteiger partial charge on any atom is -0.239 e. The summed E-state index contributed by atoms with van der Waals surface area (Å²) >= 11 is 0. The highest BCUT2D eigenvalue weighted by atomic mass is 19.1. The van der Waals surface area contributed by atoms with E-state index < -0.39 is 5.67 Å². The van der Waals surface area contributed by atoms with Crippen LogP contribution < -0.4 is 0 Å². The Hall–Kier alpha value is -0.990. The first-order valence-electron chi connectivity index (χ1n) is 3.91. The first-order chi connectivity index (χ1) is 5.39. The molecule has 1 heterocycles. The molecule has 0 amide bonds. The van der Waals surface area contributed by atoms with Crippen molar-refractivity contribution in [3.05, 3.63) is 23.3 Å². The fourth-order valence-corrected chi connectivity index (χ4v) is 1.02. The summed E-state index contributed by atoms with van der Waals surface area (Å²) in [5, 5.41) is 0. The van der Waals surface area contributed by atoms with Gasteiger partial charge in [-0.2, -0.15) is 0 Å². The molecule has 0 atom stereocenters. The van der Waals surface area contributed by atoms with Crippen LogP contribution in [-0.2, 0) is 5.67 Å². The lowest BCUT2D eigenvalue weighted by Gasteiger charge is -2.13. The van der Waals surface area contributed by atoms with Gasteiger partial charge in [-0.05, 0) is 33.8 Å². The molecular formula is C9H13FN2. The molecule has 0 radical (unpaired) electrons. The monoisotopic (exact) mass is 168 g/mol. The van der Waals surface area contributed by atoms with Crippen LogP contribution in [0.4, 0.5) is 4.39 Å². The van der Waals surface area contributed by atoms with Crippen molar-refractivity contribution in [2.45, 2.75) is 33.4 Å². The fourth-order valence-electron chi connectivity index (χ4n) is 1.02. The molecule has 0 aliphatic rings. The molecule has 66 valence electrons. The van der Waals surface area contributed by atoms with Gasteiger partial charge in [0.05, 0.1) is 5.69 Å². The molecule has 1 rings (SSSR count). The van der Waals surface area contributed by atoms with Crippen molar-refractivity contribution in [1.29, 1.82) is 0 Å². The molecule has 0 aliphatic carbocycles. The van der Waals surface area contributed by atoms with Gasteiger partial charge in [0.15, 0.2) is 0 Å². The Bertz CT molecular complexity index is 269. The summed E-state index contributed by atoms with van der Waals surface area (Å²) in [5.74, 6) is 0.621. The Balaban J connectivity index is 3.18. The van der Waals surface area contributed by atoms with Crippen LogP contribution in [0, 0.1) is 13.8 Å². The molecule has 0 unspecified atom stereocenters. The lowest BCUT2D eigenvalue weighted by molar-refractivity contribution is 0.213. The van der Waals surface area contributed by atoms with E-state index in [2.05, 4.69) is 9.97 Å². The van der Waals surface area contributed by atoms with E-state index in [0.717, 1.165) is 5.69 Å². The highest BCUT2D eigenvalue weighted by molar-refractivity contribution is 5.14. The fraction of sp³-hybridized carbons (Fsp3) is 0.556. The number of nitrogens with zero attached hydrogens (tertiary/aromatic N) is 2. The summed E-state index contributed by atoms with van der Waals surface area (Å²) in [6.07, 6.45) is 0. The van der Waals surface area contributed by atoms with Crippen molar-refractivity contribution in [2.75, 3.05) is 0 Å². The predicted octanol–water partition coefficient (Wildman–Crippen LogP) is 2.30. The quantitative estimate of drug-likeness (QED) is 0.643. The van der Waals surface area contributed by atoms with E-state index in [0.29, 0.717) is 11.5 Å². The van der Waals surface area contributed by atoms with Crippen molar-refractivity contribution in [3.8, 4) is 0 Å². The zero-order chi connectivity index (χ0) is 9.35. The number of aromatic nitrogens is 2. The van der Waals surface area contributed by atoms with Gasteiger partial charge in [-0.1, -0.05) is 0 Å². The van der Waals surface area contributed by atoms with E-state index in [4.69, 9.17) is 0 Å². The average molecular weight is 168 g/mol. The van der Waals surface area contributed by atoms with E-state index in [9.17, 15) is 4.39 Å². The summed E-state index contributed by atoms with van der Waals surface area (Å²) in [7, 11) is 0. The van der Waals surface area contributed by atoms with Gasteiger partial charge in [0.1, 0.15) is 11.5 Å². The van der Waals surface area contributed by atoms with Crippen LogP contribution >= 0.6 is 0 Å². The molecule has 0 fully saturated rings. The Morgan fingerprint density at radius 2 is 1.83 bits per heavy atom. The summed E-state index contributed by atoms with van der Waals surface area (Å²) in [6.45, 7) is 6.59. The predicted molar refractivity (Wildman–Crippen MR) is 45.6 cm³/mol. The van der Waals surface area contributed by atoms with Gasteiger partial charge in [-0.15, -0.1) is 0 Å². The summed E-state index contributed by atoms with van der Waals surface area (Å²) < 4.78 is 13.4. The number of halogens is 1. The molecule has 0 saturated carbocycles. The Morgan fingerprint density at radius 1 is 1.25 bits per heavy atom. The normalized spacial score (nSPS) is 11.8. The second-order valence-corrected chi connectivity index (χ2v) is 3.41. The van der Waals surface area contributed by atoms with Crippen LogP contribution in [0.1, 0.15) is 31.1 Å². The number of hydrogen-bond donors (Lipinski definition) is 0. The van der Waals surface area contributed by atoms with Crippen LogP contribution in [0.25, 0.3) is 0 Å². The van der Waals surface area contributed by atoms with Crippen molar-refractivity contribution in [3.63, 3.8) is 0 Å². The average Bonchev–Trinajstić information content (AvgIpc) is 1.82. The highest BCUT2D eigenvalue weighted by Crippen LogP contribution is 2.22. The Labute approximate surface area is 71.9 Å². The van der Waals surface area contributed by atoms with E-state index in [1.807, 2.05) is 6.92 Å². The van der Waals surface area contributed by atoms with E-state index in [1.54, 1.807) is 13.0 Å². The van der Waals surface area contributed by atoms with E-state index >= 15 is 0 Å². The third kappa shape index (κ3) is 2.00. The van der Waals surface area contributed by atoms with Gasteiger partial charge < -0.3 is 0 Å². The van der Waals surface area contributed by atoms with Crippen LogP contribution in [0.15, 0.2) is 6.07 Å². The minimum absolute atomic E-state index is 0.451. The number of aryl methyl sites for hydroxylation is 2.